The lowest BCUT2D eigenvalue weighted by atomic mass is 10.1. The summed E-state index contributed by atoms with van der Waals surface area (Å²) in [6.07, 6.45) is 3.28. The van der Waals surface area contributed by atoms with E-state index in [2.05, 4.69) is 44.0 Å². The van der Waals surface area contributed by atoms with Crippen molar-refractivity contribution >= 4 is 11.8 Å². The molecule has 1 aliphatic heterocycles. The summed E-state index contributed by atoms with van der Waals surface area (Å²) in [4.78, 5) is 4.57. The van der Waals surface area contributed by atoms with Gasteiger partial charge in [0, 0.05) is 17.7 Å². The molecule has 1 saturated heterocycles. The Kier molecular flexibility index (Phi) is 6.92. The van der Waals surface area contributed by atoms with Crippen LogP contribution in [0.2, 0.25) is 0 Å². The standard InChI is InChI=1S/C25H27N5O3S/c1-3-17-6-8-18(9-7-17)23-26-22(33-29-23)16-34-25-28-27-24(19-10-12-20(31-2)13-11-19)30(25)15-21-5-4-14-32-21/h6-13,21H,3-5,14-16H2,1-2H3/t21-/m0/s1. The van der Waals surface area contributed by atoms with E-state index < -0.39 is 0 Å². The van der Waals surface area contributed by atoms with Crippen LogP contribution in [0.25, 0.3) is 22.8 Å². The van der Waals surface area contributed by atoms with E-state index in [1.807, 2.05) is 36.4 Å². The first kappa shape index (κ1) is 22.6. The fourth-order valence-electron chi connectivity index (χ4n) is 3.95. The zero-order chi connectivity index (χ0) is 23.3. The molecule has 0 radical (unpaired) electrons. The van der Waals surface area contributed by atoms with Gasteiger partial charge in [-0.3, -0.25) is 4.57 Å². The molecular formula is C25H27N5O3S. The molecule has 1 aliphatic rings. The maximum atomic E-state index is 5.89. The third-order valence-corrected chi connectivity index (χ3v) is 6.84. The molecule has 5 rings (SSSR count). The van der Waals surface area contributed by atoms with Crippen molar-refractivity contribution in [3.8, 4) is 28.5 Å². The van der Waals surface area contributed by atoms with Crippen LogP contribution in [0.4, 0.5) is 0 Å². The zero-order valence-corrected chi connectivity index (χ0v) is 20.1. The molecule has 34 heavy (non-hydrogen) atoms. The normalized spacial score (nSPS) is 15.6. The Balaban J connectivity index is 1.34. The van der Waals surface area contributed by atoms with Crippen molar-refractivity contribution in [1.82, 2.24) is 24.9 Å². The molecule has 2 aromatic heterocycles. The quantitative estimate of drug-likeness (QED) is 0.310. The highest BCUT2D eigenvalue weighted by molar-refractivity contribution is 7.98. The van der Waals surface area contributed by atoms with E-state index in [-0.39, 0.29) is 6.10 Å². The highest BCUT2D eigenvalue weighted by Crippen LogP contribution is 2.29. The molecule has 0 N–H and O–H groups in total. The Hall–Kier alpha value is -3.17. The molecule has 1 atom stereocenters. The number of hydrogen-bond acceptors (Lipinski definition) is 8. The molecule has 176 valence electrons. The Morgan fingerprint density at radius 2 is 1.85 bits per heavy atom. The maximum Gasteiger partial charge on any atom is 0.237 e. The molecule has 0 bridgehead atoms. The number of benzene rings is 2. The molecule has 0 aliphatic carbocycles. The van der Waals surface area contributed by atoms with E-state index in [9.17, 15) is 0 Å². The highest BCUT2D eigenvalue weighted by atomic mass is 32.2. The van der Waals surface area contributed by atoms with Crippen LogP contribution >= 0.6 is 11.8 Å². The van der Waals surface area contributed by atoms with Gasteiger partial charge in [0.25, 0.3) is 0 Å². The molecule has 3 heterocycles. The second-order valence-corrected chi connectivity index (χ2v) is 9.07. The number of thioether (sulfide) groups is 1. The fraction of sp³-hybridized carbons (Fsp3) is 0.360. The van der Waals surface area contributed by atoms with Crippen molar-refractivity contribution in [2.24, 2.45) is 0 Å². The largest absolute Gasteiger partial charge is 0.497 e. The van der Waals surface area contributed by atoms with Crippen LogP contribution in [0.15, 0.2) is 58.2 Å². The summed E-state index contributed by atoms with van der Waals surface area (Å²) >= 11 is 1.53. The van der Waals surface area contributed by atoms with Crippen molar-refractivity contribution < 1.29 is 14.0 Å². The molecule has 4 aromatic rings. The third-order valence-electron chi connectivity index (χ3n) is 5.89. The van der Waals surface area contributed by atoms with Crippen LogP contribution in [0, 0.1) is 0 Å². The predicted molar refractivity (Wildman–Crippen MR) is 130 cm³/mol. The fourth-order valence-corrected chi connectivity index (χ4v) is 4.74. The van der Waals surface area contributed by atoms with E-state index in [1.54, 1.807) is 7.11 Å². The van der Waals surface area contributed by atoms with E-state index in [4.69, 9.17) is 14.0 Å². The minimum atomic E-state index is 0.161. The van der Waals surface area contributed by atoms with Crippen LogP contribution in [-0.4, -0.2) is 44.7 Å². The lowest BCUT2D eigenvalue weighted by Crippen LogP contribution is -2.16. The number of nitrogens with zero attached hydrogens (tertiary/aromatic N) is 5. The Labute approximate surface area is 202 Å². The third kappa shape index (κ3) is 5.00. The van der Waals surface area contributed by atoms with Crippen LogP contribution in [0.5, 0.6) is 5.75 Å². The summed E-state index contributed by atoms with van der Waals surface area (Å²) in [5, 5.41) is 13.9. The second-order valence-electron chi connectivity index (χ2n) is 8.13. The van der Waals surface area contributed by atoms with Crippen LogP contribution in [0.1, 0.15) is 31.2 Å². The SMILES string of the molecule is CCc1ccc(-c2noc(CSc3nnc(-c4ccc(OC)cc4)n3C[C@@H]3CCCO3)n2)cc1. The monoisotopic (exact) mass is 477 g/mol. The van der Waals surface area contributed by atoms with Gasteiger partial charge in [-0.05, 0) is 49.1 Å². The predicted octanol–water partition coefficient (Wildman–Crippen LogP) is 5.04. The van der Waals surface area contributed by atoms with Crippen LogP contribution < -0.4 is 4.74 Å². The molecule has 0 spiro atoms. The number of methoxy groups -OCH3 is 1. The maximum absolute atomic E-state index is 5.89. The van der Waals surface area contributed by atoms with Gasteiger partial charge in [0.15, 0.2) is 11.0 Å². The number of aromatic nitrogens is 5. The van der Waals surface area contributed by atoms with E-state index in [1.165, 1.54) is 17.3 Å². The second kappa shape index (κ2) is 10.4. The lowest BCUT2D eigenvalue weighted by molar-refractivity contribution is 0.0953. The smallest absolute Gasteiger partial charge is 0.237 e. The van der Waals surface area contributed by atoms with Crippen molar-refractivity contribution in [1.29, 1.82) is 0 Å². The summed E-state index contributed by atoms with van der Waals surface area (Å²) in [6.45, 7) is 3.64. The number of aryl methyl sites for hydroxylation is 1. The summed E-state index contributed by atoms with van der Waals surface area (Å²) in [6, 6.07) is 16.1. The van der Waals surface area contributed by atoms with Gasteiger partial charge in [0.05, 0.1) is 25.5 Å². The average molecular weight is 478 g/mol. The van der Waals surface area contributed by atoms with Crippen molar-refractivity contribution in [3.05, 3.63) is 60.0 Å². The number of hydrogen-bond donors (Lipinski definition) is 0. The Morgan fingerprint density at radius 1 is 1.06 bits per heavy atom. The van der Waals surface area contributed by atoms with Gasteiger partial charge in [0.1, 0.15) is 5.75 Å². The topological polar surface area (TPSA) is 88.1 Å². The molecule has 0 amide bonds. The summed E-state index contributed by atoms with van der Waals surface area (Å²) in [5.74, 6) is 3.27. The van der Waals surface area contributed by atoms with E-state index in [0.29, 0.717) is 24.0 Å². The molecular weight excluding hydrogens is 450 g/mol. The van der Waals surface area contributed by atoms with Gasteiger partial charge >= 0.3 is 0 Å². The van der Waals surface area contributed by atoms with E-state index in [0.717, 1.165) is 53.7 Å². The van der Waals surface area contributed by atoms with Crippen molar-refractivity contribution in [3.63, 3.8) is 0 Å². The van der Waals surface area contributed by atoms with Gasteiger partial charge in [-0.1, -0.05) is 48.1 Å². The molecule has 8 nitrogen and oxygen atoms in total. The Morgan fingerprint density at radius 3 is 2.56 bits per heavy atom. The van der Waals surface area contributed by atoms with E-state index >= 15 is 0 Å². The van der Waals surface area contributed by atoms with Crippen LogP contribution in [0.3, 0.4) is 0 Å². The first-order valence-electron chi connectivity index (χ1n) is 11.5. The first-order valence-corrected chi connectivity index (χ1v) is 12.5. The first-order chi connectivity index (χ1) is 16.7. The van der Waals surface area contributed by atoms with Crippen molar-refractivity contribution in [2.75, 3.05) is 13.7 Å². The number of rotatable bonds is 9. The van der Waals surface area contributed by atoms with Gasteiger partial charge in [-0.15, -0.1) is 10.2 Å². The summed E-state index contributed by atoms with van der Waals surface area (Å²) in [7, 11) is 1.66. The molecule has 0 saturated carbocycles. The van der Waals surface area contributed by atoms with Crippen molar-refractivity contribution in [2.45, 2.75) is 49.7 Å². The molecule has 0 unspecified atom stereocenters. The average Bonchev–Trinajstić information content (AvgIpc) is 3.65. The number of ether oxygens (including phenoxy) is 2. The van der Waals surface area contributed by atoms with Crippen LogP contribution in [-0.2, 0) is 23.5 Å². The highest BCUT2D eigenvalue weighted by Gasteiger charge is 2.22. The molecule has 2 aromatic carbocycles. The Bertz CT molecular complexity index is 1210. The summed E-state index contributed by atoms with van der Waals surface area (Å²) < 4.78 is 18.8. The van der Waals surface area contributed by atoms with Gasteiger partial charge < -0.3 is 14.0 Å². The molecule has 1 fully saturated rings. The minimum absolute atomic E-state index is 0.161. The summed E-state index contributed by atoms with van der Waals surface area (Å²) in [5.41, 5.74) is 3.20. The van der Waals surface area contributed by atoms with Gasteiger partial charge in [-0.25, -0.2) is 0 Å². The zero-order valence-electron chi connectivity index (χ0n) is 19.3. The lowest BCUT2D eigenvalue weighted by Gasteiger charge is -2.14. The van der Waals surface area contributed by atoms with Gasteiger partial charge in [-0.2, -0.15) is 4.98 Å². The molecule has 9 heteroatoms. The minimum Gasteiger partial charge on any atom is -0.497 e. The van der Waals surface area contributed by atoms with Gasteiger partial charge in [0.2, 0.25) is 11.7 Å².